The van der Waals surface area contributed by atoms with E-state index < -0.39 is 54.3 Å². The molecule has 3 N–H and O–H groups in total. The molecule has 2 aliphatic rings. The second-order valence-electron chi connectivity index (χ2n) is 11.1. The molecule has 0 bridgehead atoms. The zero-order valence-electron chi connectivity index (χ0n) is 24.6. The zero-order chi connectivity index (χ0) is 30.4. The van der Waals surface area contributed by atoms with Gasteiger partial charge in [-0.2, -0.15) is 0 Å². The molecule has 2 rings (SSSR count). The number of alkyl carbamates (subject to hydrolysis) is 1. The summed E-state index contributed by atoms with van der Waals surface area (Å²) >= 11 is 0. The molecule has 3 atom stereocenters. The highest BCUT2D eigenvalue weighted by molar-refractivity contribution is 6.38. The highest BCUT2D eigenvalue weighted by atomic mass is 16.5. The van der Waals surface area contributed by atoms with E-state index in [1.165, 1.54) is 11.0 Å². The number of ether oxygens (including phenoxy) is 2. The molecular formula is C29H46N4O8. The van der Waals surface area contributed by atoms with Gasteiger partial charge in [0.15, 0.2) is 0 Å². The number of amides is 4. The lowest BCUT2D eigenvalue weighted by molar-refractivity contribution is -0.145. The minimum atomic E-state index is -1.12. The van der Waals surface area contributed by atoms with Crippen LogP contribution in [0.1, 0.15) is 78.6 Å². The van der Waals surface area contributed by atoms with Crippen LogP contribution in [-0.4, -0.2) is 84.9 Å². The van der Waals surface area contributed by atoms with Gasteiger partial charge >= 0.3 is 12.1 Å². The van der Waals surface area contributed by atoms with E-state index in [0.717, 1.165) is 32.1 Å². The van der Waals surface area contributed by atoms with Crippen molar-refractivity contribution in [2.24, 2.45) is 11.8 Å². The summed E-state index contributed by atoms with van der Waals surface area (Å²) in [6.45, 7) is 9.12. The van der Waals surface area contributed by atoms with Crippen molar-refractivity contribution in [1.29, 1.82) is 0 Å². The van der Waals surface area contributed by atoms with Crippen LogP contribution in [-0.2, 0) is 33.4 Å². The van der Waals surface area contributed by atoms with Gasteiger partial charge < -0.3 is 30.3 Å². The van der Waals surface area contributed by atoms with E-state index in [1.807, 2.05) is 13.8 Å². The minimum absolute atomic E-state index is 0.0238. The summed E-state index contributed by atoms with van der Waals surface area (Å²) in [6, 6.07) is -2.78. The number of hydrogen-bond donors (Lipinski definition) is 3. The van der Waals surface area contributed by atoms with E-state index in [9.17, 15) is 28.8 Å². The number of Topliss-reactive ketones (excluding diaryl/α,β-unsaturated/α-hetero) is 1. The number of nitrogens with zero attached hydrogens (tertiary/aromatic N) is 1. The topological polar surface area (TPSA) is 160 Å². The SMILES string of the molecule is C=CCOC(=O)CNC(=O)C(=O)C(CCC)NC(=O)[C@@H]1CCCN1C(=O)[C@@H](NC(=O)OCC(C)C)C1CCCCC1. The van der Waals surface area contributed by atoms with Gasteiger partial charge in [-0.3, -0.25) is 24.0 Å². The van der Waals surface area contributed by atoms with Gasteiger partial charge in [-0.1, -0.05) is 59.1 Å². The molecule has 1 unspecified atom stereocenters. The second kappa shape index (κ2) is 17.4. The number of carbonyl (C=O) groups is 6. The van der Waals surface area contributed by atoms with Crippen LogP contribution in [0.25, 0.3) is 0 Å². The first kappa shape index (κ1) is 33.8. The Morgan fingerprint density at radius 1 is 0.976 bits per heavy atom. The molecule has 0 aromatic heterocycles. The van der Waals surface area contributed by atoms with Crippen LogP contribution < -0.4 is 16.0 Å². The Kier molecular flexibility index (Phi) is 14.3. The Labute approximate surface area is 242 Å². The molecule has 12 heteroatoms. The summed E-state index contributed by atoms with van der Waals surface area (Å²) in [7, 11) is 0. The Morgan fingerprint density at radius 3 is 2.32 bits per heavy atom. The Balaban J connectivity index is 2.09. The highest BCUT2D eigenvalue weighted by Crippen LogP contribution is 2.29. The van der Waals surface area contributed by atoms with E-state index in [0.29, 0.717) is 25.8 Å². The average molecular weight is 579 g/mol. The molecule has 1 aliphatic heterocycles. The maximum absolute atomic E-state index is 13.8. The van der Waals surface area contributed by atoms with Crippen LogP contribution in [0.3, 0.4) is 0 Å². The van der Waals surface area contributed by atoms with Crippen molar-refractivity contribution < 1.29 is 38.2 Å². The van der Waals surface area contributed by atoms with Crippen LogP contribution >= 0.6 is 0 Å². The van der Waals surface area contributed by atoms with Gasteiger partial charge in [0.1, 0.15) is 25.2 Å². The lowest BCUT2D eigenvalue weighted by atomic mass is 9.83. The number of ketones is 1. The Morgan fingerprint density at radius 2 is 1.68 bits per heavy atom. The summed E-state index contributed by atoms with van der Waals surface area (Å²) < 4.78 is 10.1. The number of nitrogens with one attached hydrogen (secondary N) is 3. The average Bonchev–Trinajstić information content (AvgIpc) is 3.46. The number of carbonyl (C=O) groups excluding carboxylic acids is 6. The molecule has 0 aromatic rings. The maximum atomic E-state index is 13.8. The zero-order valence-corrected chi connectivity index (χ0v) is 24.6. The molecular weight excluding hydrogens is 532 g/mol. The standard InChI is InChI=1S/C29H46N4O8/c1-5-11-21(25(35)27(37)30-17-23(34)40-16-6-2)31-26(36)22-14-10-15-33(22)28(38)24(20-12-8-7-9-13-20)32-29(39)41-18-19(3)4/h6,19-22,24H,2,5,7-18H2,1,3-4H3,(H,30,37)(H,31,36)(H,32,39)/t21?,22-,24-/m0/s1. The first-order chi connectivity index (χ1) is 19.6. The molecule has 1 heterocycles. The fraction of sp³-hybridized carbons (Fsp3) is 0.724. The third kappa shape index (κ3) is 10.8. The molecule has 4 amide bonds. The Hall–Kier alpha value is -3.44. The van der Waals surface area contributed by atoms with Gasteiger partial charge in [0.05, 0.1) is 12.6 Å². The molecule has 1 saturated heterocycles. The summed E-state index contributed by atoms with van der Waals surface area (Å²) in [6.07, 6.45) is 6.95. The first-order valence-corrected chi connectivity index (χ1v) is 14.7. The molecule has 12 nitrogen and oxygen atoms in total. The van der Waals surface area contributed by atoms with Gasteiger partial charge in [-0.05, 0) is 43.9 Å². The van der Waals surface area contributed by atoms with Crippen LogP contribution in [0, 0.1) is 11.8 Å². The summed E-state index contributed by atoms with van der Waals surface area (Å²) in [5, 5.41) is 7.65. The fourth-order valence-electron chi connectivity index (χ4n) is 5.17. The largest absolute Gasteiger partial charge is 0.460 e. The van der Waals surface area contributed by atoms with Crippen LogP contribution in [0.15, 0.2) is 12.7 Å². The third-order valence-corrected chi connectivity index (χ3v) is 7.24. The van der Waals surface area contributed by atoms with E-state index >= 15 is 0 Å². The van der Waals surface area contributed by atoms with E-state index in [4.69, 9.17) is 9.47 Å². The van der Waals surface area contributed by atoms with Crippen molar-refractivity contribution in [3.63, 3.8) is 0 Å². The van der Waals surface area contributed by atoms with Crippen molar-refractivity contribution in [3.8, 4) is 0 Å². The van der Waals surface area contributed by atoms with Crippen molar-refractivity contribution >= 4 is 35.6 Å². The fourth-order valence-corrected chi connectivity index (χ4v) is 5.17. The molecule has 1 saturated carbocycles. The molecule has 0 radical (unpaired) electrons. The molecule has 2 fully saturated rings. The number of likely N-dealkylation sites (tertiary alicyclic amines) is 1. The van der Waals surface area contributed by atoms with Crippen LogP contribution in [0.2, 0.25) is 0 Å². The summed E-state index contributed by atoms with van der Waals surface area (Å²) in [4.78, 5) is 78.1. The number of esters is 1. The Bertz CT molecular complexity index is 947. The molecule has 41 heavy (non-hydrogen) atoms. The summed E-state index contributed by atoms with van der Waals surface area (Å²) in [5.74, 6) is -3.43. The van der Waals surface area contributed by atoms with Crippen molar-refractivity contribution in [2.75, 3.05) is 26.3 Å². The van der Waals surface area contributed by atoms with Gasteiger partial charge in [0.2, 0.25) is 17.6 Å². The monoisotopic (exact) mass is 578 g/mol. The van der Waals surface area contributed by atoms with Gasteiger partial charge in [-0.25, -0.2) is 4.79 Å². The van der Waals surface area contributed by atoms with E-state index in [-0.39, 0.29) is 37.4 Å². The minimum Gasteiger partial charge on any atom is -0.460 e. The first-order valence-electron chi connectivity index (χ1n) is 14.7. The van der Waals surface area contributed by atoms with Crippen LogP contribution in [0.4, 0.5) is 4.79 Å². The van der Waals surface area contributed by atoms with Crippen molar-refractivity contribution in [2.45, 2.75) is 96.7 Å². The van der Waals surface area contributed by atoms with Gasteiger partial charge in [-0.15, -0.1) is 0 Å². The van der Waals surface area contributed by atoms with E-state index in [2.05, 4.69) is 22.5 Å². The lowest BCUT2D eigenvalue weighted by Crippen LogP contribution is -2.58. The maximum Gasteiger partial charge on any atom is 0.407 e. The second-order valence-corrected chi connectivity index (χ2v) is 11.1. The number of rotatable bonds is 15. The van der Waals surface area contributed by atoms with E-state index in [1.54, 1.807) is 6.92 Å². The van der Waals surface area contributed by atoms with Crippen LogP contribution in [0.5, 0.6) is 0 Å². The lowest BCUT2D eigenvalue weighted by Gasteiger charge is -2.34. The van der Waals surface area contributed by atoms with Crippen molar-refractivity contribution in [1.82, 2.24) is 20.9 Å². The summed E-state index contributed by atoms with van der Waals surface area (Å²) in [5.41, 5.74) is 0. The predicted octanol–water partition coefficient (Wildman–Crippen LogP) is 2.01. The smallest absolute Gasteiger partial charge is 0.407 e. The normalized spacial score (nSPS) is 18.6. The number of hydrogen-bond acceptors (Lipinski definition) is 8. The third-order valence-electron chi connectivity index (χ3n) is 7.24. The van der Waals surface area contributed by atoms with Gasteiger partial charge in [0, 0.05) is 6.54 Å². The molecule has 230 valence electrons. The quantitative estimate of drug-likeness (QED) is 0.151. The predicted molar refractivity (Wildman–Crippen MR) is 150 cm³/mol. The molecule has 1 aliphatic carbocycles. The van der Waals surface area contributed by atoms with Gasteiger partial charge in [0.25, 0.3) is 5.91 Å². The molecule has 0 aromatic carbocycles. The van der Waals surface area contributed by atoms with Crippen molar-refractivity contribution in [3.05, 3.63) is 12.7 Å². The molecule has 0 spiro atoms. The highest BCUT2D eigenvalue weighted by Gasteiger charge is 2.42.